The minimum Gasteiger partial charge on any atom is -0.462 e. The molecule has 1 saturated carbocycles. The molecule has 3 rings (SSSR count). The van der Waals surface area contributed by atoms with Crippen LogP contribution in [0.4, 0.5) is 0 Å². The summed E-state index contributed by atoms with van der Waals surface area (Å²) in [6.07, 6.45) is 4.28. The number of allylic oxidation sites excluding steroid dienone is 1. The predicted octanol–water partition coefficient (Wildman–Crippen LogP) is 2.73. The number of ketones is 1. The van der Waals surface area contributed by atoms with Crippen molar-refractivity contribution in [3.63, 3.8) is 0 Å². The molecule has 6 nitrogen and oxygen atoms in total. The molecule has 2 aliphatic heterocycles. The zero-order valence-corrected chi connectivity index (χ0v) is 17.4. The van der Waals surface area contributed by atoms with Crippen LogP contribution in [0.5, 0.6) is 0 Å². The van der Waals surface area contributed by atoms with Crippen LogP contribution in [0.2, 0.25) is 0 Å². The second kappa shape index (κ2) is 8.07. The van der Waals surface area contributed by atoms with Crippen molar-refractivity contribution in [3.8, 4) is 0 Å². The van der Waals surface area contributed by atoms with Gasteiger partial charge in [0.15, 0.2) is 0 Å². The highest BCUT2D eigenvalue weighted by atomic mass is 16.6. The minimum atomic E-state index is -0.764. The van der Waals surface area contributed by atoms with Gasteiger partial charge in [-0.15, -0.1) is 0 Å². The molecule has 1 aliphatic carbocycles. The quantitative estimate of drug-likeness (QED) is 0.407. The Morgan fingerprint density at radius 1 is 1.18 bits per heavy atom. The maximum Gasteiger partial charge on any atom is 0.302 e. The molecule has 0 bridgehead atoms. The Morgan fingerprint density at radius 2 is 1.89 bits per heavy atom. The number of ether oxygens (including phenoxy) is 3. The van der Waals surface area contributed by atoms with Gasteiger partial charge >= 0.3 is 5.97 Å². The summed E-state index contributed by atoms with van der Waals surface area (Å²) in [4.78, 5) is 34.7. The van der Waals surface area contributed by atoms with E-state index in [1.54, 1.807) is 13.0 Å². The third-order valence-electron chi connectivity index (χ3n) is 6.87. The van der Waals surface area contributed by atoms with E-state index in [2.05, 4.69) is 13.8 Å². The summed E-state index contributed by atoms with van der Waals surface area (Å²) < 4.78 is 18.5. The SMILES string of the molecule is CC(=O)C[C@H]1O[C@@H]2[C@@H]3[C@H](C[C@H](C)[C@H](OC(C)=O)[C@@H]31)[C@H](C)CO[C@]2(C)C=CC=O. The molecule has 156 valence electrons. The van der Waals surface area contributed by atoms with Gasteiger partial charge in [-0.3, -0.25) is 14.4 Å². The molecule has 0 amide bonds. The number of Topliss-reactive ketones (excluding diaryl/α,β-unsaturated/α-hetero) is 1. The first-order chi connectivity index (χ1) is 13.2. The first kappa shape index (κ1) is 21.2. The fourth-order valence-corrected chi connectivity index (χ4v) is 5.73. The first-order valence-electron chi connectivity index (χ1n) is 10.3. The molecule has 2 saturated heterocycles. The molecular formula is C22H32O6. The Bertz CT molecular complexity index is 657. The van der Waals surface area contributed by atoms with Gasteiger partial charge in [0, 0.05) is 25.2 Å². The largest absolute Gasteiger partial charge is 0.462 e. The molecule has 0 spiro atoms. The molecule has 0 unspecified atom stereocenters. The van der Waals surface area contributed by atoms with Gasteiger partial charge in [0.2, 0.25) is 0 Å². The summed E-state index contributed by atoms with van der Waals surface area (Å²) in [5.74, 6) is 0.633. The van der Waals surface area contributed by atoms with Crippen molar-refractivity contribution >= 4 is 18.0 Å². The molecule has 0 aromatic heterocycles. The van der Waals surface area contributed by atoms with Crippen molar-refractivity contribution in [1.29, 1.82) is 0 Å². The summed E-state index contributed by atoms with van der Waals surface area (Å²) in [6.45, 7) is 9.82. The predicted molar refractivity (Wildman–Crippen MR) is 102 cm³/mol. The van der Waals surface area contributed by atoms with Crippen molar-refractivity contribution in [2.24, 2.45) is 29.6 Å². The average Bonchev–Trinajstić information content (AvgIpc) is 2.94. The lowest BCUT2D eigenvalue weighted by atomic mass is 9.60. The number of hydrogen-bond acceptors (Lipinski definition) is 6. The second-order valence-corrected chi connectivity index (χ2v) is 9.07. The summed E-state index contributed by atoms with van der Waals surface area (Å²) >= 11 is 0. The Balaban J connectivity index is 2.06. The number of aldehydes is 1. The monoisotopic (exact) mass is 392 g/mol. The van der Waals surface area contributed by atoms with Crippen LogP contribution < -0.4 is 0 Å². The van der Waals surface area contributed by atoms with Gasteiger partial charge in [0.1, 0.15) is 23.8 Å². The summed E-state index contributed by atoms with van der Waals surface area (Å²) in [6, 6.07) is 0. The van der Waals surface area contributed by atoms with Gasteiger partial charge in [-0.2, -0.15) is 0 Å². The van der Waals surface area contributed by atoms with Gasteiger partial charge in [0.25, 0.3) is 0 Å². The number of carbonyl (C=O) groups excluding carboxylic acids is 3. The summed E-state index contributed by atoms with van der Waals surface area (Å²) in [7, 11) is 0. The van der Waals surface area contributed by atoms with Crippen LogP contribution in [0.25, 0.3) is 0 Å². The van der Waals surface area contributed by atoms with Gasteiger partial charge in [0.05, 0.1) is 18.8 Å². The molecule has 28 heavy (non-hydrogen) atoms. The molecule has 9 atom stereocenters. The lowest BCUT2D eigenvalue weighted by Gasteiger charge is -2.46. The lowest BCUT2D eigenvalue weighted by Crippen LogP contribution is -2.51. The van der Waals surface area contributed by atoms with Crippen molar-refractivity contribution in [3.05, 3.63) is 12.2 Å². The highest BCUT2D eigenvalue weighted by molar-refractivity contribution is 5.76. The van der Waals surface area contributed by atoms with Crippen molar-refractivity contribution in [2.75, 3.05) is 6.61 Å². The number of carbonyl (C=O) groups is 3. The Morgan fingerprint density at radius 3 is 2.50 bits per heavy atom. The molecule has 2 heterocycles. The summed E-state index contributed by atoms with van der Waals surface area (Å²) in [5, 5.41) is 0. The van der Waals surface area contributed by atoms with Crippen LogP contribution in [-0.4, -0.2) is 48.6 Å². The maximum absolute atomic E-state index is 12.0. The topological polar surface area (TPSA) is 78.9 Å². The average molecular weight is 392 g/mol. The molecular weight excluding hydrogens is 360 g/mol. The van der Waals surface area contributed by atoms with E-state index in [-0.39, 0.29) is 54.2 Å². The summed E-state index contributed by atoms with van der Waals surface area (Å²) in [5.41, 5.74) is -0.764. The molecule has 3 aliphatic rings. The zero-order chi connectivity index (χ0) is 20.6. The van der Waals surface area contributed by atoms with Gasteiger partial charge in [-0.05, 0) is 50.2 Å². The van der Waals surface area contributed by atoms with E-state index in [4.69, 9.17) is 14.2 Å². The lowest BCUT2D eigenvalue weighted by molar-refractivity contribution is -0.160. The van der Waals surface area contributed by atoms with E-state index in [1.165, 1.54) is 13.0 Å². The van der Waals surface area contributed by atoms with Gasteiger partial charge in [-0.1, -0.05) is 13.8 Å². The van der Waals surface area contributed by atoms with Gasteiger partial charge < -0.3 is 14.2 Å². The maximum atomic E-state index is 12.0. The normalized spacial score (nSPS) is 45.3. The standard InChI is InChI=1S/C22H32O6/c1-12-9-16-13(2)11-26-22(5,7-6-8-23)21-18(16)19(20(12)27-15(4)25)17(28-21)10-14(3)24/h6-8,12-13,16-21H,9-11H2,1-5H3/t12-,13+,16+,17+,18+,19+,20-,21+,22+/m0/s1. The zero-order valence-electron chi connectivity index (χ0n) is 17.4. The molecule has 0 aromatic rings. The highest BCUT2D eigenvalue weighted by Crippen LogP contribution is 2.56. The Hall–Kier alpha value is -1.53. The first-order valence-corrected chi connectivity index (χ1v) is 10.3. The van der Waals surface area contributed by atoms with Crippen LogP contribution in [0.3, 0.4) is 0 Å². The van der Waals surface area contributed by atoms with E-state index in [0.29, 0.717) is 18.4 Å². The Kier molecular flexibility index (Phi) is 6.11. The third kappa shape index (κ3) is 3.81. The third-order valence-corrected chi connectivity index (χ3v) is 6.87. The fourth-order valence-electron chi connectivity index (χ4n) is 5.73. The van der Waals surface area contributed by atoms with Crippen molar-refractivity contribution in [2.45, 2.75) is 71.4 Å². The minimum absolute atomic E-state index is 0.0527. The van der Waals surface area contributed by atoms with Crippen LogP contribution in [-0.2, 0) is 28.6 Å². The molecule has 0 aromatic carbocycles. The molecule has 0 radical (unpaired) electrons. The number of rotatable bonds is 5. The van der Waals surface area contributed by atoms with Crippen LogP contribution in [0, 0.1) is 29.6 Å². The van der Waals surface area contributed by atoms with E-state index < -0.39 is 5.60 Å². The second-order valence-electron chi connectivity index (χ2n) is 9.07. The van der Waals surface area contributed by atoms with Crippen LogP contribution in [0.1, 0.15) is 47.5 Å². The van der Waals surface area contributed by atoms with E-state index in [9.17, 15) is 14.4 Å². The van der Waals surface area contributed by atoms with Crippen molar-refractivity contribution < 1.29 is 28.6 Å². The van der Waals surface area contributed by atoms with Crippen LogP contribution >= 0.6 is 0 Å². The number of hydrogen-bond donors (Lipinski definition) is 0. The van der Waals surface area contributed by atoms with Crippen LogP contribution in [0.15, 0.2) is 12.2 Å². The van der Waals surface area contributed by atoms with Crippen molar-refractivity contribution in [1.82, 2.24) is 0 Å². The van der Waals surface area contributed by atoms with E-state index in [0.717, 1.165) is 12.7 Å². The number of esters is 1. The molecule has 0 N–H and O–H groups in total. The molecule has 6 heteroatoms. The Labute approximate surface area is 167 Å². The highest BCUT2D eigenvalue weighted by Gasteiger charge is 2.62. The smallest absolute Gasteiger partial charge is 0.302 e. The van der Waals surface area contributed by atoms with Gasteiger partial charge in [-0.25, -0.2) is 0 Å². The fraction of sp³-hybridized carbons (Fsp3) is 0.773. The van der Waals surface area contributed by atoms with E-state index in [1.807, 2.05) is 6.92 Å². The molecule has 3 fully saturated rings. The van der Waals surface area contributed by atoms with E-state index >= 15 is 0 Å².